The second kappa shape index (κ2) is 8.78. The summed E-state index contributed by atoms with van der Waals surface area (Å²) >= 11 is 0. The number of benzene rings is 1. The maximum Gasteiger partial charge on any atom is 0.330 e. The number of nitrogens with zero attached hydrogens (tertiary/aromatic N) is 1. The summed E-state index contributed by atoms with van der Waals surface area (Å²) in [5, 5.41) is 10.2. The molecule has 2 rings (SSSR count). The van der Waals surface area contributed by atoms with Gasteiger partial charge >= 0.3 is 7.48 Å². The largest absolute Gasteiger partial charge is 0.427 e. The van der Waals surface area contributed by atoms with Crippen LogP contribution in [-0.2, 0) is 4.65 Å². The van der Waals surface area contributed by atoms with Gasteiger partial charge in [-0.3, -0.25) is 0 Å². The van der Waals surface area contributed by atoms with Gasteiger partial charge in [-0.2, -0.15) is 0 Å². The van der Waals surface area contributed by atoms with Crippen molar-refractivity contribution >= 4 is 12.9 Å². The molecule has 0 fully saturated rings. The standard InChI is InChI=1S/C22H30BN2O2/c1-7-8-9-10-16(2)20-24-15-19(25-20)17-11-13-18(14-12-17)23-27-22(5,6)21(3,4)26/h1,11-16,26H,8-10H2,2-6H3,(H,24,25)/t16-/m0/s1. The normalized spacial score (nSPS) is 13.2. The van der Waals surface area contributed by atoms with Gasteiger partial charge in [0.05, 0.1) is 23.1 Å². The summed E-state index contributed by atoms with van der Waals surface area (Å²) in [5.41, 5.74) is 1.40. The summed E-state index contributed by atoms with van der Waals surface area (Å²) in [7, 11) is 1.69. The van der Waals surface area contributed by atoms with Crippen LogP contribution in [0.1, 0.15) is 65.6 Å². The number of aliphatic hydroxyl groups is 1. The highest BCUT2D eigenvalue weighted by molar-refractivity contribution is 6.47. The lowest BCUT2D eigenvalue weighted by Gasteiger charge is -2.37. The number of hydrogen-bond acceptors (Lipinski definition) is 3. The molecular formula is C22H30BN2O2. The van der Waals surface area contributed by atoms with Crippen molar-refractivity contribution < 1.29 is 9.76 Å². The number of nitrogens with one attached hydrogen (secondary N) is 1. The Bertz CT molecular complexity index is 767. The number of H-pyrrole nitrogens is 1. The maximum atomic E-state index is 10.2. The van der Waals surface area contributed by atoms with E-state index >= 15 is 0 Å². The number of imidazole rings is 1. The fourth-order valence-corrected chi connectivity index (χ4v) is 2.48. The lowest BCUT2D eigenvalue weighted by atomic mass is 9.82. The Morgan fingerprint density at radius 1 is 1.26 bits per heavy atom. The second-order valence-electron chi connectivity index (χ2n) is 8.11. The molecule has 0 aliphatic carbocycles. The molecule has 1 aromatic carbocycles. The minimum absolute atomic E-state index is 0.358. The van der Waals surface area contributed by atoms with Crippen molar-refractivity contribution in [2.24, 2.45) is 0 Å². The third-order valence-electron chi connectivity index (χ3n) is 5.21. The van der Waals surface area contributed by atoms with Crippen molar-refractivity contribution in [1.82, 2.24) is 9.97 Å². The fraction of sp³-hybridized carbons (Fsp3) is 0.500. The quantitative estimate of drug-likeness (QED) is 0.404. The minimum Gasteiger partial charge on any atom is -0.427 e. The number of rotatable bonds is 9. The van der Waals surface area contributed by atoms with Gasteiger partial charge in [-0.15, -0.1) is 12.3 Å². The van der Waals surface area contributed by atoms with E-state index in [0.29, 0.717) is 5.92 Å². The Morgan fingerprint density at radius 2 is 1.93 bits per heavy atom. The monoisotopic (exact) mass is 365 g/mol. The van der Waals surface area contributed by atoms with Crippen molar-refractivity contribution in [2.45, 2.75) is 71.0 Å². The van der Waals surface area contributed by atoms with Crippen molar-refractivity contribution in [3.05, 3.63) is 36.3 Å². The van der Waals surface area contributed by atoms with Gasteiger partial charge in [0, 0.05) is 12.3 Å². The van der Waals surface area contributed by atoms with E-state index in [1.807, 2.05) is 44.3 Å². The first-order valence-corrected chi connectivity index (χ1v) is 9.46. The third kappa shape index (κ3) is 5.72. The van der Waals surface area contributed by atoms with E-state index < -0.39 is 11.2 Å². The number of unbranched alkanes of at least 4 members (excludes halogenated alkanes) is 1. The van der Waals surface area contributed by atoms with Gasteiger partial charge in [-0.25, -0.2) is 4.98 Å². The molecule has 0 spiro atoms. The lowest BCUT2D eigenvalue weighted by molar-refractivity contribution is -0.0893. The van der Waals surface area contributed by atoms with Crippen LogP contribution in [-0.4, -0.2) is 33.8 Å². The van der Waals surface area contributed by atoms with Gasteiger partial charge < -0.3 is 14.7 Å². The van der Waals surface area contributed by atoms with Crippen LogP contribution in [0.25, 0.3) is 11.3 Å². The molecule has 5 heteroatoms. The van der Waals surface area contributed by atoms with Gasteiger partial charge in [0.25, 0.3) is 0 Å². The van der Waals surface area contributed by atoms with Gasteiger partial charge in [0.1, 0.15) is 5.82 Å². The maximum absolute atomic E-state index is 10.2. The van der Waals surface area contributed by atoms with Crippen LogP contribution in [0.5, 0.6) is 0 Å². The zero-order chi connectivity index (χ0) is 20.1. The van der Waals surface area contributed by atoms with E-state index in [4.69, 9.17) is 11.1 Å². The van der Waals surface area contributed by atoms with E-state index in [1.165, 1.54) is 0 Å². The van der Waals surface area contributed by atoms with Crippen molar-refractivity contribution in [3.63, 3.8) is 0 Å². The van der Waals surface area contributed by atoms with Crippen molar-refractivity contribution in [3.8, 4) is 23.6 Å². The molecule has 2 N–H and O–H groups in total. The molecule has 0 unspecified atom stereocenters. The summed E-state index contributed by atoms with van der Waals surface area (Å²) in [4.78, 5) is 7.94. The molecule has 1 radical (unpaired) electrons. The Kier molecular flexibility index (Phi) is 6.92. The fourth-order valence-electron chi connectivity index (χ4n) is 2.48. The first-order chi connectivity index (χ1) is 12.6. The molecule has 4 nitrogen and oxygen atoms in total. The molecule has 1 heterocycles. The van der Waals surface area contributed by atoms with Crippen LogP contribution in [0, 0.1) is 12.3 Å². The molecule has 0 saturated heterocycles. The molecule has 0 saturated carbocycles. The first-order valence-electron chi connectivity index (χ1n) is 9.46. The van der Waals surface area contributed by atoms with E-state index in [9.17, 15) is 5.11 Å². The van der Waals surface area contributed by atoms with Crippen LogP contribution >= 0.6 is 0 Å². The summed E-state index contributed by atoms with van der Waals surface area (Å²) in [6, 6.07) is 8.05. The van der Waals surface area contributed by atoms with Crippen LogP contribution in [0.4, 0.5) is 0 Å². The number of aromatic amines is 1. The molecule has 0 amide bonds. The van der Waals surface area contributed by atoms with Gasteiger partial charge in [0.2, 0.25) is 0 Å². The SMILES string of the molecule is C#CCCC[C@H](C)c1ncc(-c2ccc([B]OC(C)(C)C(C)(C)O)cc2)[nH]1. The Morgan fingerprint density at radius 3 is 2.52 bits per heavy atom. The third-order valence-corrected chi connectivity index (χ3v) is 5.21. The predicted molar refractivity (Wildman–Crippen MR) is 112 cm³/mol. The summed E-state index contributed by atoms with van der Waals surface area (Å²) in [5.74, 6) is 4.03. The molecule has 0 bridgehead atoms. The smallest absolute Gasteiger partial charge is 0.330 e. The van der Waals surface area contributed by atoms with Crippen molar-refractivity contribution in [1.29, 1.82) is 0 Å². The van der Waals surface area contributed by atoms with Crippen LogP contribution in [0.3, 0.4) is 0 Å². The van der Waals surface area contributed by atoms with E-state index in [2.05, 4.69) is 22.8 Å². The summed E-state index contributed by atoms with van der Waals surface area (Å²) in [6.45, 7) is 9.39. The molecule has 27 heavy (non-hydrogen) atoms. The van der Waals surface area contributed by atoms with E-state index in [1.54, 1.807) is 21.3 Å². The van der Waals surface area contributed by atoms with Crippen LogP contribution < -0.4 is 5.46 Å². The topological polar surface area (TPSA) is 58.1 Å². The zero-order valence-corrected chi connectivity index (χ0v) is 17.0. The molecule has 2 aromatic rings. The highest BCUT2D eigenvalue weighted by Crippen LogP contribution is 2.25. The van der Waals surface area contributed by atoms with Gasteiger partial charge in [0.15, 0.2) is 0 Å². The molecule has 0 aliphatic heterocycles. The zero-order valence-electron chi connectivity index (χ0n) is 17.0. The highest BCUT2D eigenvalue weighted by Gasteiger charge is 2.35. The molecule has 143 valence electrons. The Labute approximate surface area is 164 Å². The minimum atomic E-state index is -0.938. The number of terminal acetylenes is 1. The van der Waals surface area contributed by atoms with Gasteiger partial charge in [-0.05, 0) is 46.1 Å². The highest BCUT2D eigenvalue weighted by atomic mass is 16.5. The van der Waals surface area contributed by atoms with Crippen LogP contribution in [0.2, 0.25) is 0 Å². The van der Waals surface area contributed by atoms with Crippen LogP contribution in [0.15, 0.2) is 30.5 Å². The Balaban J connectivity index is 1.99. The number of aromatic nitrogens is 2. The number of hydrogen-bond donors (Lipinski definition) is 2. The van der Waals surface area contributed by atoms with Crippen molar-refractivity contribution in [2.75, 3.05) is 0 Å². The lowest BCUT2D eigenvalue weighted by Crippen LogP contribution is -2.49. The van der Waals surface area contributed by atoms with Gasteiger partial charge in [-0.1, -0.05) is 36.7 Å². The average molecular weight is 365 g/mol. The first kappa shape index (κ1) is 21.3. The second-order valence-corrected chi connectivity index (χ2v) is 8.11. The molecular weight excluding hydrogens is 335 g/mol. The molecule has 0 aliphatic rings. The molecule has 1 atom stereocenters. The molecule has 1 aromatic heterocycles. The van der Waals surface area contributed by atoms with E-state index in [0.717, 1.165) is 41.8 Å². The average Bonchev–Trinajstić information content (AvgIpc) is 3.10. The van der Waals surface area contributed by atoms with E-state index in [-0.39, 0.29) is 0 Å². The summed E-state index contributed by atoms with van der Waals surface area (Å²) in [6.07, 6.45) is 10.0. The summed E-state index contributed by atoms with van der Waals surface area (Å²) < 4.78 is 5.80. The predicted octanol–water partition coefficient (Wildman–Crippen LogP) is 3.79. The Hall–Kier alpha value is -2.03.